The monoisotopic (exact) mass is 277 g/mol. The van der Waals surface area contributed by atoms with Crippen molar-refractivity contribution in [2.24, 2.45) is 11.7 Å². The van der Waals surface area contributed by atoms with Gasteiger partial charge in [-0.3, -0.25) is 15.2 Å². The molecule has 2 aromatic rings. The van der Waals surface area contributed by atoms with Gasteiger partial charge in [0.05, 0.1) is 11.0 Å². The number of nitrogens with two attached hydrogens (primary N) is 1. The zero-order chi connectivity index (χ0) is 14.9. The van der Waals surface area contributed by atoms with E-state index in [-0.39, 0.29) is 17.6 Å². The standard InChI is InChI=1S/C12H15N5O3/c1-6(2)10(13)12-14-11(15-16-12)7-3-4-9(18)8(5-7)17(19)20/h3-6,10,18H,13H2,1-2H3,(H,14,15,16). The molecule has 2 rings (SSSR count). The number of benzene rings is 1. The van der Waals surface area contributed by atoms with Crippen LogP contribution in [0.4, 0.5) is 5.69 Å². The van der Waals surface area contributed by atoms with Crippen LogP contribution in [-0.4, -0.2) is 25.2 Å². The van der Waals surface area contributed by atoms with Crippen molar-refractivity contribution in [1.82, 2.24) is 15.2 Å². The smallest absolute Gasteiger partial charge is 0.311 e. The molecule has 0 aliphatic carbocycles. The third-order valence-corrected chi connectivity index (χ3v) is 2.97. The van der Waals surface area contributed by atoms with Crippen molar-refractivity contribution in [1.29, 1.82) is 0 Å². The molecule has 8 nitrogen and oxygen atoms in total. The molecule has 0 bridgehead atoms. The van der Waals surface area contributed by atoms with E-state index >= 15 is 0 Å². The Hall–Kier alpha value is -2.48. The Balaban J connectivity index is 2.38. The highest BCUT2D eigenvalue weighted by Gasteiger charge is 2.19. The van der Waals surface area contributed by atoms with Crippen LogP contribution in [0, 0.1) is 16.0 Å². The third kappa shape index (κ3) is 2.59. The lowest BCUT2D eigenvalue weighted by atomic mass is 10.1. The molecule has 1 unspecified atom stereocenters. The number of phenols is 1. The second-order valence-corrected chi connectivity index (χ2v) is 4.77. The minimum atomic E-state index is -0.660. The summed E-state index contributed by atoms with van der Waals surface area (Å²) in [5, 5.41) is 26.9. The van der Waals surface area contributed by atoms with Gasteiger partial charge < -0.3 is 10.8 Å². The molecule has 106 valence electrons. The molecule has 20 heavy (non-hydrogen) atoms. The van der Waals surface area contributed by atoms with Gasteiger partial charge in [-0.25, -0.2) is 4.98 Å². The van der Waals surface area contributed by atoms with Crippen molar-refractivity contribution >= 4 is 5.69 Å². The van der Waals surface area contributed by atoms with E-state index in [1.165, 1.54) is 18.2 Å². The van der Waals surface area contributed by atoms with Gasteiger partial charge in [0.25, 0.3) is 0 Å². The highest BCUT2D eigenvalue weighted by atomic mass is 16.6. The van der Waals surface area contributed by atoms with E-state index in [1.54, 1.807) is 0 Å². The molecule has 1 aromatic heterocycles. The van der Waals surface area contributed by atoms with E-state index in [2.05, 4.69) is 15.2 Å². The third-order valence-electron chi connectivity index (χ3n) is 2.97. The van der Waals surface area contributed by atoms with E-state index in [4.69, 9.17) is 5.73 Å². The van der Waals surface area contributed by atoms with Crippen LogP contribution >= 0.6 is 0 Å². The van der Waals surface area contributed by atoms with Gasteiger partial charge in [0.2, 0.25) is 0 Å². The first-order valence-electron chi connectivity index (χ1n) is 6.05. The Labute approximate surface area is 114 Å². The van der Waals surface area contributed by atoms with Crippen molar-refractivity contribution in [2.45, 2.75) is 19.9 Å². The summed E-state index contributed by atoms with van der Waals surface area (Å²) in [6.07, 6.45) is 0. The maximum Gasteiger partial charge on any atom is 0.311 e. The minimum absolute atomic E-state index is 0.185. The van der Waals surface area contributed by atoms with Crippen molar-refractivity contribution in [3.05, 3.63) is 34.1 Å². The van der Waals surface area contributed by atoms with Crippen molar-refractivity contribution in [2.75, 3.05) is 0 Å². The number of phenolic OH excluding ortho intramolecular Hbond substituents is 1. The molecule has 0 amide bonds. The van der Waals surface area contributed by atoms with Crippen LogP contribution in [-0.2, 0) is 0 Å². The van der Waals surface area contributed by atoms with Crippen LogP contribution in [0.15, 0.2) is 18.2 Å². The highest BCUT2D eigenvalue weighted by molar-refractivity contribution is 5.63. The number of nitro benzene ring substituents is 1. The summed E-state index contributed by atoms with van der Waals surface area (Å²) in [7, 11) is 0. The van der Waals surface area contributed by atoms with Gasteiger partial charge in [0, 0.05) is 11.6 Å². The van der Waals surface area contributed by atoms with Crippen molar-refractivity contribution in [3.63, 3.8) is 0 Å². The Bertz CT molecular complexity index is 638. The summed E-state index contributed by atoms with van der Waals surface area (Å²) in [5.74, 6) is 0.614. The average Bonchev–Trinajstić information content (AvgIpc) is 2.87. The van der Waals surface area contributed by atoms with Crippen LogP contribution in [0.2, 0.25) is 0 Å². The zero-order valence-corrected chi connectivity index (χ0v) is 11.1. The van der Waals surface area contributed by atoms with E-state index in [0.717, 1.165) is 0 Å². The summed E-state index contributed by atoms with van der Waals surface area (Å²) in [6, 6.07) is 3.69. The second-order valence-electron chi connectivity index (χ2n) is 4.77. The maximum atomic E-state index is 10.8. The lowest BCUT2D eigenvalue weighted by Gasteiger charge is -2.11. The number of H-pyrrole nitrogens is 1. The molecule has 8 heteroatoms. The number of aromatic nitrogens is 3. The number of nitrogens with one attached hydrogen (secondary N) is 1. The lowest BCUT2D eigenvalue weighted by Crippen LogP contribution is -2.18. The zero-order valence-electron chi connectivity index (χ0n) is 11.1. The lowest BCUT2D eigenvalue weighted by molar-refractivity contribution is -0.385. The van der Waals surface area contributed by atoms with Crippen LogP contribution in [0.3, 0.4) is 0 Å². The first kappa shape index (κ1) is 13.9. The number of rotatable bonds is 4. The highest BCUT2D eigenvalue weighted by Crippen LogP contribution is 2.30. The van der Waals surface area contributed by atoms with Gasteiger partial charge in [0.15, 0.2) is 11.6 Å². The first-order valence-corrected chi connectivity index (χ1v) is 6.05. The Morgan fingerprint density at radius 2 is 2.15 bits per heavy atom. The Morgan fingerprint density at radius 3 is 2.75 bits per heavy atom. The van der Waals surface area contributed by atoms with Crippen LogP contribution in [0.25, 0.3) is 11.4 Å². The van der Waals surface area contributed by atoms with Gasteiger partial charge in [-0.05, 0) is 18.1 Å². The molecular formula is C12H15N5O3. The van der Waals surface area contributed by atoms with E-state index in [1.807, 2.05) is 13.8 Å². The predicted molar refractivity (Wildman–Crippen MR) is 71.9 cm³/mol. The summed E-state index contributed by atoms with van der Waals surface area (Å²) < 4.78 is 0. The fraction of sp³-hybridized carbons (Fsp3) is 0.333. The molecule has 0 saturated heterocycles. The molecule has 0 aliphatic rings. The van der Waals surface area contributed by atoms with Gasteiger partial charge in [-0.15, -0.1) is 0 Å². The SMILES string of the molecule is CC(C)C(N)c1nc(-c2ccc(O)c([N+](=O)[O-])c2)n[nH]1. The fourth-order valence-electron chi connectivity index (χ4n) is 1.68. The average molecular weight is 277 g/mol. The number of nitro groups is 1. The van der Waals surface area contributed by atoms with Crippen molar-refractivity contribution < 1.29 is 10.0 Å². The number of aromatic amines is 1. The minimum Gasteiger partial charge on any atom is -0.502 e. The second kappa shape index (κ2) is 5.25. The van der Waals surface area contributed by atoms with Crippen LogP contribution in [0.1, 0.15) is 25.7 Å². The number of hydrogen-bond acceptors (Lipinski definition) is 6. The van der Waals surface area contributed by atoms with E-state index < -0.39 is 10.7 Å². The molecule has 0 radical (unpaired) electrons. The molecule has 1 heterocycles. The Morgan fingerprint density at radius 1 is 1.45 bits per heavy atom. The summed E-state index contributed by atoms with van der Waals surface area (Å²) in [4.78, 5) is 14.4. The number of hydrogen-bond donors (Lipinski definition) is 3. The summed E-state index contributed by atoms with van der Waals surface area (Å²) >= 11 is 0. The Kier molecular flexibility index (Phi) is 3.66. The molecule has 1 aromatic carbocycles. The molecule has 0 saturated carbocycles. The number of nitrogens with zero attached hydrogens (tertiary/aromatic N) is 3. The quantitative estimate of drug-likeness (QED) is 0.576. The van der Waals surface area contributed by atoms with Gasteiger partial charge in [-0.2, -0.15) is 5.10 Å². The van der Waals surface area contributed by atoms with Gasteiger partial charge in [0.1, 0.15) is 5.82 Å². The molecular weight excluding hydrogens is 262 g/mol. The summed E-state index contributed by atoms with van der Waals surface area (Å²) in [5.41, 5.74) is 6.00. The molecule has 1 atom stereocenters. The molecule has 0 spiro atoms. The number of aromatic hydroxyl groups is 1. The van der Waals surface area contributed by atoms with Crippen molar-refractivity contribution in [3.8, 4) is 17.1 Å². The van der Waals surface area contributed by atoms with E-state index in [9.17, 15) is 15.2 Å². The topological polar surface area (TPSA) is 131 Å². The molecule has 4 N–H and O–H groups in total. The molecule has 0 fully saturated rings. The molecule has 0 aliphatic heterocycles. The van der Waals surface area contributed by atoms with Crippen LogP contribution < -0.4 is 5.73 Å². The summed E-state index contributed by atoms with van der Waals surface area (Å²) in [6.45, 7) is 3.91. The van der Waals surface area contributed by atoms with Gasteiger partial charge >= 0.3 is 5.69 Å². The van der Waals surface area contributed by atoms with Gasteiger partial charge in [-0.1, -0.05) is 13.8 Å². The van der Waals surface area contributed by atoms with Crippen LogP contribution in [0.5, 0.6) is 5.75 Å². The fourth-order valence-corrected chi connectivity index (χ4v) is 1.68. The normalized spacial score (nSPS) is 12.6. The first-order chi connectivity index (χ1) is 9.40. The largest absolute Gasteiger partial charge is 0.502 e. The predicted octanol–water partition coefficient (Wildman–Crippen LogP) is 1.74. The van der Waals surface area contributed by atoms with E-state index in [0.29, 0.717) is 17.2 Å². The maximum absolute atomic E-state index is 10.8.